The van der Waals surface area contributed by atoms with Crippen molar-refractivity contribution < 1.29 is 23.7 Å². The highest BCUT2D eigenvalue weighted by atomic mass is 16.6. The molecule has 0 saturated heterocycles. The van der Waals surface area contributed by atoms with Gasteiger partial charge in [0, 0.05) is 5.57 Å². The van der Waals surface area contributed by atoms with Gasteiger partial charge >= 0.3 is 5.97 Å². The van der Waals surface area contributed by atoms with Crippen LogP contribution in [0.2, 0.25) is 0 Å². The Balaban J connectivity index is -0.00000111. The minimum absolute atomic E-state index is 0.223. The van der Waals surface area contributed by atoms with E-state index in [-0.39, 0.29) is 6.61 Å². The summed E-state index contributed by atoms with van der Waals surface area (Å²) in [5.41, 5.74) is 3.90. The first-order valence-electron chi connectivity index (χ1n) is 11.1. The Bertz CT molecular complexity index is 529. The third-order valence-electron chi connectivity index (χ3n) is 3.26. The molecule has 0 bridgehead atoms. The Kier molecular flexibility index (Phi) is 25.6. The molecule has 0 radical (unpaired) electrons. The summed E-state index contributed by atoms with van der Waals surface area (Å²) >= 11 is 0. The van der Waals surface area contributed by atoms with E-state index >= 15 is 0 Å². The van der Waals surface area contributed by atoms with Gasteiger partial charge in [-0.05, 0) is 38.8 Å². The molecule has 0 amide bonds. The lowest BCUT2D eigenvalue weighted by Gasteiger charge is -2.13. The number of aryl methyl sites for hydroxylation is 3. The van der Waals surface area contributed by atoms with Crippen molar-refractivity contribution in [3.8, 4) is 5.75 Å². The molecule has 30 heavy (non-hydrogen) atoms. The second kappa shape index (κ2) is 23.4. The Morgan fingerprint density at radius 3 is 1.60 bits per heavy atom. The zero-order chi connectivity index (χ0) is 23.9. The van der Waals surface area contributed by atoms with Crippen LogP contribution in [0.25, 0.3) is 0 Å². The fraction of sp³-hybridized carbons (Fsp3) is 0.640. The highest BCUT2D eigenvalue weighted by Crippen LogP contribution is 2.24. The fourth-order valence-corrected chi connectivity index (χ4v) is 2.24. The second-order valence-electron chi connectivity index (χ2n) is 5.72. The first-order valence-corrected chi connectivity index (χ1v) is 11.1. The number of rotatable bonds is 11. The van der Waals surface area contributed by atoms with Crippen molar-refractivity contribution in [1.82, 2.24) is 0 Å². The van der Waals surface area contributed by atoms with E-state index < -0.39 is 5.97 Å². The quantitative estimate of drug-likeness (QED) is 0.239. The molecule has 0 aliphatic carbocycles. The van der Waals surface area contributed by atoms with E-state index in [1.54, 1.807) is 6.92 Å². The van der Waals surface area contributed by atoms with E-state index in [1.165, 1.54) is 5.56 Å². The highest BCUT2D eigenvalue weighted by molar-refractivity contribution is 5.86. The number of hydrogen-bond donors (Lipinski definition) is 0. The van der Waals surface area contributed by atoms with Crippen molar-refractivity contribution in [2.24, 2.45) is 0 Å². The molecule has 0 fully saturated rings. The van der Waals surface area contributed by atoms with Gasteiger partial charge in [0.1, 0.15) is 19.0 Å². The number of carbonyl (C=O) groups is 1. The largest absolute Gasteiger partial charge is 0.491 e. The van der Waals surface area contributed by atoms with Crippen molar-refractivity contribution in [2.75, 3.05) is 39.6 Å². The van der Waals surface area contributed by atoms with E-state index in [2.05, 4.69) is 25.6 Å². The minimum atomic E-state index is -0.395. The summed E-state index contributed by atoms with van der Waals surface area (Å²) in [5, 5.41) is 0. The van der Waals surface area contributed by atoms with Gasteiger partial charge < -0.3 is 18.9 Å². The van der Waals surface area contributed by atoms with Gasteiger partial charge in [-0.25, -0.2) is 4.79 Å². The maximum Gasteiger partial charge on any atom is 0.333 e. The zero-order valence-corrected chi connectivity index (χ0v) is 21.1. The Morgan fingerprint density at radius 1 is 0.767 bits per heavy atom. The van der Waals surface area contributed by atoms with Crippen molar-refractivity contribution >= 4 is 5.97 Å². The van der Waals surface area contributed by atoms with Gasteiger partial charge in [-0.2, -0.15) is 0 Å². The first-order chi connectivity index (χ1) is 14.4. The smallest absolute Gasteiger partial charge is 0.333 e. The van der Waals surface area contributed by atoms with E-state index in [4.69, 9.17) is 18.9 Å². The maximum absolute atomic E-state index is 11.1. The molecule has 1 rings (SSSR count). The third-order valence-corrected chi connectivity index (χ3v) is 3.26. The van der Waals surface area contributed by atoms with Crippen LogP contribution in [-0.4, -0.2) is 45.6 Å². The minimum Gasteiger partial charge on any atom is -0.491 e. The van der Waals surface area contributed by atoms with Crippen LogP contribution < -0.4 is 4.74 Å². The predicted molar refractivity (Wildman–Crippen MR) is 128 cm³/mol. The first kappa shape index (κ1) is 32.8. The van der Waals surface area contributed by atoms with Gasteiger partial charge in [-0.3, -0.25) is 0 Å². The van der Waals surface area contributed by atoms with E-state index in [0.29, 0.717) is 38.6 Å². The third kappa shape index (κ3) is 17.0. The SMILES string of the molecule is C=C(C)C(=O)OCCOCCOCCOc1c(C)cc(C)cc1C.CC.CC.CC. The van der Waals surface area contributed by atoms with Crippen LogP contribution in [0, 0.1) is 20.8 Å². The van der Waals surface area contributed by atoms with Gasteiger partial charge in [0.15, 0.2) is 0 Å². The number of carbonyl (C=O) groups excluding carboxylic acids is 1. The molecular weight excluding hydrogens is 380 g/mol. The summed E-state index contributed by atoms with van der Waals surface area (Å²) in [6.45, 7) is 25.8. The maximum atomic E-state index is 11.1. The van der Waals surface area contributed by atoms with Gasteiger partial charge in [0.05, 0.1) is 26.4 Å². The molecule has 176 valence electrons. The van der Waals surface area contributed by atoms with Crippen molar-refractivity contribution in [3.63, 3.8) is 0 Å². The Morgan fingerprint density at radius 2 is 1.17 bits per heavy atom. The van der Waals surface area contributed by atoms with Crippen LogP contribution >= 0.6 is 0 Å². The van der Waals surface area contributed by atoms with Crippen LogP contribution in [0.15, 0.2) is 24.3 Å². The van der Waals surface area contributed by atoms with Crippen LogP contribution in [-0.2, 0) is 19.0 Å². The number of esters is 1. The second-order valence-corrected chi connectivity index (χ2v) is 5.72. The molecule has 5 nitrogen and oxygen atoms in total. The van der Waals surface area contributed by atoms with Gasteiger partial charge in [0.25, 0.3) is 0 Å². The molecule has 0 heterocycles. The lowest BCUT2D eigenvalue weighted by atomic mass is 10.1. The normalized spacial score (nSPS) is 9.00. The molecule has 1 aromatic carbocycles. The molecule has 0 unspecified atom stereocenters. The summed E-state index contributed by atoms with van der Waals surface area (Å²) in [5.74, 6) is 0.536. The van der Waals surface area contributed by atoms with E-state index in [9.17, 15) is 4.79 Å². The van der Waals surface area contributed by atoms with Crippen molar-refractivity contribution in [2.45, 2.75) is 69.2 Å². The number of benzene rings is 1. The van der Waals surface area contributed by atoms with Gasteiger partial charge in [0.2, 0.25) is 0 Å². The Hall–Kier alpha value is -1.85. The summed E-state index contributed by atoms with van der Waals surface area (Å²) in [6.07, 6.45) is 0. The van der Waals surface area contributed by atoms with E-state index in [1.807, 2.05) is 55.4 Å². The topological polar surface area (TPSA) is 54.0 Å². The molecule has 0 N–H and O–H groups in total. The molecule has 1 aromatic rings. The number of hydrogen-bond acceptors (Lipinski definition) is 5. The summed E-state index contributed by atoms with van der Waals surface area (Å²) < 4.78 is 21.4. The van der Waals surface area contributed by atoms with Crippen molar-refractivity contribution in [1.29, 1.82) is 0 Å². The fourth-order valence-electron chi connectivity index (χ4n) is 2.24. The van der Waals surface area contributed by atoms with Gasteiger partial charge in [-0.15, -0.1) is 0 Å². The molecule has 0 atom stereocenters. The highest BCUT2D eigenvalue weighted by Gasteiger charge is 2.05. The van der Waals surface area contributed by atoms with Crippen LogP contribution in [0.1, 0.15) is 65.2 Å². The van der Waals surface area contributed by atoms with Crippen LogP contribution in [0.4, 0.5) is 0 Å². The monoisotopic (exact) mass is 426 g/mol. The molecular formula is C25H46O5. The summed E-state index contributed by atoms with van der Waals surface area (Å²) in [6, 6.07) is 4.22. The molecule has 0 aliphatic rings. The van der Waals surface area contributed by atoms with E-state index in [0.717, 1.165) is 16.9 Å². The molecule has 0 aromatic heterocycles. The average molecular weight is 427 g/mol. The summed E-state index contributed by atoms with van der Waals surface area (Å²) in [4.78, 5) is 11.1. The standard InChI is InChI=1S/C19H28O5.3C2H6/c1-14(2)19(20)24-11-9-22-7-6-21-8-10-23-18-16(4)12-15(3)13-17(18)5;3*1-2/h12-13H,1,6-11H2,2-5H3;3*1-2H3. The van der Waals surface area contributed by atoms with Crippen LogP contribution in [0.5, 0.6) is 5.75 Å². The molecule has 0 saturated carbocycles. The van der Waals surface area contributed by atoms with Crippen LogP contribution in [0.3, 0.4) is 0 Å². The predicted octanol–water partition coefficient (Wildman–Crippen LogP) is 6.22. The lowest BCUT2D eigenvalue weighted by molar-refractivity contribution is -0.140. The molecule has 5 heteroatoms. The molecule has 0 spiro atoms. The summed E-state index contributed by atoms with van der Waals surface area (Å²) in [7, 11) is 0. The zero-order valence-electron chi connectivity index (χ0n) is 21.1. The van der Waals surface area contributed by atoms with Gasteiger partial charge in [-0.1, -0.05) is 65.8 Å². The average Bonchev–Trinajstić information content (AvgIpc) is 2.75. The van der Waals surface area contributed by atoms with Crippen molar-refractivity contribution in [3.05, 3.63) is 41.0 Å². The number of ether oxygens (including phenoxy) is 4. The Labute approximate surface area is 185 Å². The molecule has 0 aliphatic heterocycles. The lowest BCUT2D eigenvalue weighted by Crippen LogP contribution is -2.14.